The summed E-state index contributed by atoms with van der Waals surface area (Å²) < 4.78 is 15.7. The first-order chi connectivity index (χ1) is 19.8. The average molecular weight is 562 g/mol. The molecule has 41 heavy (non-hydrogen) atoms. The van der Waals surface area contributed by atoms with Crippen LogP contribution in [0.3, 0.4) is 0 Å². The van der Waals surface area contributed by atoms with E-state index in [4.69, 9.17) is 0 Å². The summed E-state index contributed by atoms with van der Waals surface area (Å²) in [6, 6.07) is 5.35. The molecule has 3 aliphatic heterocycles. The molecule has 0 unspecified atom stereocenters. The molecule has 3 amide bonds. The van der Waals surface area contributed by atoms with Gasteiger partial charge in [0, 0.05) is 50.9 Å². The molecule has 216 valence electrons. The van der Waals surface area contributed by atoms with Crippen LogP contribution in [0.1, 0.15) is 41.5 Å². The van der Waals surface area contributed by atoms with Gasteiger partial charge < -0.3 is 20.4 Å². The van der Waals surface area contributed by atoms with Gasteiger partial charge in [-0.25, -0.2) is 24.1 Å². The van der Waals surface area contributed by atoms with Crippen LogP contribution >= 0.6 is 0 Å². The number of rotatable bonds is 6. The number of amides is 3. The van der Waals surface area contributed by atoms with E-state index in [-0.39, 0.29) is 23.7 Å². The third-order valence-corrected chi connectivity index (χ3v) is 8.42. The summed E-state index contributed by atoms with van der Waals surface area (Å²) in [5.41, 5.74) is 3.54. The Bertz CT molecular complexity index is 1480. The molecule has 0 atom stereocenters. The lowest BCUT2D eigenvalue weighted by Gasteiger charge is -2.37. The quantitative estimate of drug-likeness (QED) is 0.473. The molecule has 6 rings (SSSR count). The molecular weight excluding hydrogens is 525 g/mol. The highest BCUT2D eigenvalue weighted by molar-refractivity contribution is 6.17. The summed E-state index contributed by atoms with van der Waals surface area (Å²) in [4.78, 5) is 46.9. The molecule has 1 aromatic carbocycles. The number of aryl methyl sites for hydroxylation is 1. The number of piperazine rings is 1. The van der Waals surface area contributed by atoms with E-state index in [1.165, 1.54) is 11.2 Å². The first-order valence-corrected chi connectivity index (χ1v) is 14.3. The van der Waals surface area contributed by atoms with Crippen molar-refractivity contribution >= 4 is 40.0 Å². The van der Waals surface area contributed by atoms with Crippen LogP contribution in [0.4, 0.5) is 26.4 Å². The van der Waals surface area contributed by atoms with Crippen molar-refractivity contribution in [2.75, 3.05) is 68.0 Å². The van der Waals surface area contributed by atoms with Crippen LogP contribution in [-0.2, 0) is 6.54 Å². The Morgan fingerprint density at radius 1 is 1.12 bits per heavy atom. The number of hydrogen-bond donors (Lipinski definition) is 2. The highest BCUT2D eigenvalue weighted by atomic mass is 19.1. The van der Waals surface area contributed by atoms with E-state index in [0.29, 0.717) is 41.1 Å². The second kappa shape index (κ2) is 11.2. The van der Waals surface area contributed by atoms with Gasteiger partial charge in [0.05, 0.1) is 28.0 Å². The fourth-order valence-corrected chi connectivity index (χ4v) is 6.05. The summed E-state index contributed by atoms with van der Waals surface area (Å²) in [5, 5.41) is 6.38. The first kappa shape index (κ1) is 27.3. The summed E-state index contributed by atoms with van der Waals surface area (Å²) in [5.74, 6) is -0.120. The van der Waals surface area contributed by atoms with Gasteiger partial charge in [-0.15, -0.1) is 0 Å². The summed E-state index contributed by atoms with van der Waals surface area (Å²) in [7, 11) is 2.10. The number of urea groups is 1. The molecule has 0 saturated carbocycles. The second-order valence-electron chi connectivity index (χ2n) is 11.1. The fraction of sp³-hybridized carbons (Fsp3) is 0.483. The summed E-state index contributed by atoms with van der Waals surface area (Å²) in [6.45, 7) is 9.56. The van der Waals surface area contributed by atoms with Gasteiger partial charge in [-0.3, -0.25) is 14.6 Å². The Morgan fingerprint density at radius 3 is 2.59 bits per heavy atom. The first-order valence-electron chi connectivity index (χ1n) is 14.3. The van der Waals surface area contributed by atoms with Gasteiger partial charge >= 0.3 is 6.03 Å². The molecule has 5 heterocycles. The van der Waals surface area contributed by atoms with E-state index < -0.39 is 5.82 Å². The van der Waals surface area contributed by atoms with Crippen molar-refractivity contribution in [2.24, 2.45) is 0 Å². The molecule has 0 radical (unpaired) electrons. The number of carbonyl (C=O) groups is 2. The van der Waals surface area contributed by atoms with Crippen molar-refractivity contribution in [3.8, 4) is 0 Å². The van der Waals surface area contributed by atoms with Crippen molar-refractivity contribution < 1.29 is 14.0 Å². The molecule has 0 spiro atoms. The average Bonchev–Trinajstić information content (AvgIpc) is 2.97. The van der Waals surface area contributed by atoms with Crippen LogP contribution in [-0.4, -0.2) is 95.6 Å². The Kier molecular flexibility index (Phi) is 7.43. The molecule has 2 aromatic heterocycles. The maximum atomic E-state index is 15.7. The normalized spacial score (nSPS) is 18.6. The largest absolute Gasteiger partial charge is 0.368 e. The number of benzene rings is 1. The Balaban J connectivity index is 1.11. The lowest BCUT2D eigenvalue weighted by atomic mass is 10.1. The summed E-state index contributed by atoms with van der Waals surface area (Å²) in [6.07, 6.45) is 3.33. The molecule has 0 bridgehead atoms. The van der Waals surface area contributed by atoms with E-state index in [0.717, 1.165) is 63.5 Å². The van der Waals surface area contributed by atoms with Crippen molar-refractivity contribution in [3.63, 3.8) is 0 Å². The molecule has 2 saturated heterocycles. The number of hydrogen-bond acceptors (Lipinski definition) is 8. The Hall–Kier alpha value is -3.90. The highest BCUT2D eigenvalue weighted by Crippen LogP contribution is 2.38. The zero-order chi connectivity index (χ0) is 28.7. The SMILES string of the molecule is CCN1C(=O)Nc2c(F)c(CN3CCN(c4ccc(C(=O)NC5CCN(C)CC5)nc4C)CC3)cc3ncnc1c23. The number of carbonyl (C=O) groups excluding carboxylic acids is 2. The number of likely N-dealkylation sites (tertiary alicyclic amines) is 1. The predicted octanol–water partition coefficient (Wildman–Crippen LogP) is 2.99. The number of halogens is 1. The van der Waals surface area contributed by atoms with E-state index in [1.54, 1.807) is 12.1 Å². The molecule has 2 N–H and O–H groups in total. The number of aromatic nitrogens is 3. The minimum atomic E-state index is -0.436. The number of nitrogens with one attached hydrogen (secondary N) is 2. The van der Waals surface area contributed by atoms with Crippen molar-refractivity contribution in [1.29, 1.82) is 0 Å². The maximum absolute atomic E-state index is 15.7. The van der Waals surface area contributed by atoms with Crippen LogP contribution in [0.2, 0.25) is 0 Å². The lowest BCUT2D eigenvalue weighted by Crippen LogP contribution is -2.46. The van der Waals surface area contributed by atoms with Gasteiger partial charge in [0.25, 0.3) is 5.91 Å². The van der Waals surface area contributed by atoms with Crippen LogP contribution in [0, 0.1) is 12.7 Å². The lowest BCUT2D eigenvalue weighted by molar-refractivity contribution is 0.0911. The smallest absolute Gasteiger partial charge is 0.327 e. The highest BCUT2D eigenvalue weighted by Gasteiger charge is 2.30. The van der Waals surface area contributed by atoms with E-state index in [9.17, 15) is 9.59 Å². The number of nitrogens with zero attached hydrogens (tertiary/aromatic N) is 7. The van der Waals surface area contributed by atoms with Gasteiger partial charge in [-0.1, -0.05) is 0 Å². The third-order valence-electron chi connectivity index (χ3n) is 8.42. The standard InChI is InChI=1S/C29H36FN9O2/c1-4-39-27-24-22(31-17-32-27)15-19(25(30)26(24)35-29(39)41)16-37-11-13-38(14-12-37)23-6-5-21(33-18(23)2)28(40)34-20-7-9-36(3)10-8-20/h5-6,15,17,20H,4,7-14,16H2,1-3H3,(H,34,40)(H,35,41). The Morgan fingerprint density at radius 2 is 1.88 bits per heavy atom. The minimum absolute atomic E-state index is 0.119. The zero-order valence-corrected chi connectivity index (χ0v) is 23.8. The Labute approximate surface area is 238 Å². The van der Waals surface area contributed by atoms with Crippen molar-refractivity contribution in [1.82, 2.24) is 30.1 Å². The van der Waals surface area contributed by atoms with Crippen LogP contribution in [0.25, 0.3) is 10.9 Å². The van der Waals surface area contributed by atoms with Gasteiger partial charge in [0.15, 0.2) is 5.82 Å². The van der Waals surface area contributed by atoms with Crippen molar-refractivity contribution in [2.45, 2.75) is 39.3 Å². The molecule has 0 aliphatic carbocycles. The topological polar surface area (TPSA) is 110 Å². The van der Waals surface area contributed by atoms with Crippen molar-refractivity contribution in [3.05, 3.63) is 47.3 Å². The monoisotopic (exact) mass is 561 g/mol. The zero-order valence-electron chi connectivity index (χ0n) is 23.8. The summed E-state index contributed by atoms with van der Waals surface area (Å²) >= 11 is 0. The van der Waals surface area contributed by atoms with E-state index in [1.807, 2.05) is 19.9 Å². The number of piperidine rings is 1. The second-order valence-corrected chi connectivity index (χ2v) is 11.1. The van der Waals surface area contributed by atoms with Gasteiger partial charge in [-0.05, 0) is 65.0 Å². The predicted molar refractivity (Wildman–Crippen MR) is 156 cm³/mol. The molecule has 2 fully saturated rings. The molecule has 3 aromatic rings. The fourth-order valence-electron chi connectivity index (χ4n) is 6.05. The molecule has 3 aliphatic rings. The van der Waals surface area contributed by atoms with E-state index >= 15 is 4.39 Å². The molecular formula is C29H36FN9O2. The van der Waals surface area contributed by atoms with Gasteiger partial charge in [-0.2, -0.15) is 0 Å². The molecule has 12 heteroatoms. The maximum Gasteiger partial charge on any atom is 0.327 e. The van der Waals surface area contributed by atoms with Gasteiger partial charge in [0.1, 0.15) is 17.8 Å². The van der Waals surface area contributed by atoms with E-state index in [2.05, 4.69) is 47.3 Å². The van der Waals surface area contributed by atoms with Crippen LogP contribution in [0.15, 0.2) is 24.5 Å². The number of pyridine rings is 1. The number of anilines is 3. The minimum Gasteiger partial charge on any atom is -0.368 e. The third kappa shape index (κ3) is 5.29. The molecule has 11 nitrogen and oxygen atoms in total. The van der Waals surface area contributed by atoms with Crippen LogP contribution in [0.5, 0.6) is 0 Å². The van der Waals surface area contributed by atoms with Gasteiger partial charge in [0.2, 0.25) is 0 Å². The van der Waals surface area contributed by atoms with Crippen LogP contribution < -0.4 is 20.4 Å².